The molecule has 26 heavy (non-hydrogen) atoms. The number of aromatic hydroxyl groups is 1. The number of rotatable bonds is 3. The second-order valence-electron chi connectivity index (χ2n) is 5.97. The van der Waals surface area contributed by atoms with Crippen molar-refractivity contribution < 1.29 is 5.11 Å². The first kappa shape index (κ1) is 14.6. The van der Waals surface area contributed by atoms with Crippen molar-refractivity contribution in [3.8, 4) is 11.8 Å². The molecule has 4 heterocycles. The van der Waals surface area contributed by atoms with Gasteiger partial charge in [-0.3, -0.25) is 9.55 Å². The lowest BCUT2D eigenvalue weighted by Crippen LogP contribution is -2.25. The van der Waals surface area contributed by atoms with Crippen molar-refractivity contribution >= 4 is 11.7 Å². The summed E-state index contributed by atoms with van der Waals surface area (Å²) in [6.07, 6.45) is 10.2. The molecule has 0 spiro atoms. The number of fused-ring (bicyclic) bond motifs is 1. The number of hydrogen-bond acceptors (Lipinski definition) is 7. The zero-order valence-electron chi connectivity index (χ0n) is 13.4. The molecule has 0 atom stereocenters. The predicted octanol–water partition coefficient (Wildman–Crippen LogP) is -1.36. The minimum absolute atomic E-state index is 0.244. The molecule has 0 radical (unpaired) electrons. The molecule has 0 aliphatic heterocycles. The Hall–Kier alpha value is -3.76. The van der Waals surface area contributed by atoms with Gasteiger partial charge in [0.2, 0.25) is 11.8 Å². The van der Waals surface area contributed by atoms with E-state index in [-0.39, 0.29) is 17.6 Å². The van der Waals surface area contributed by atoms with Crippen molar-refractivity contribution in [3.63, 3.8) is 0 Å². The summed E-state index contributed by atoms with van der Waals surface area (Å²) >= 11 is 0. The average molecular weight is 351 g/mol. The third-order valence-electron chi connectivity index (χ3n) is 3.98. The van der Waals surface area contributed by atoms with E-state index in [1.807, 2.05) is 0 Å². The van der Waals surface area contributed by atoms with Gasteiger partial charge in [0.1, 0.15) is 12.0 Å². The fourth-order valence-electron chi connectivity index (χ4n) is 2.56. The van der Waals surface area contributed by atoms with E-state index in [1.165, 1.54) is 0 Å². The molecule has 0 aromatic carbocycles. The summed E-state index contributed by atoms with van der Waals surface area (Å²) in [5, 5.41) is 14.7. The minimum atomic E-state index is -0.497. The molecule has 1 aliphatic carbocycles. The zero-order chi connectivity index (χ0) is 17.7. The first-order chi connectivity index (χ1) is 12.7. The van der Waals surface area contributed by atoms with E-state index >= 15 is 0 Å². The van der Waals surface area contributed by atoms with Crippen molar-refractivity contribution in [2.24, 2.45) is 4.99 Å². The van der Waals surface area contributed by atoms with Gasteiger partial charge in [-0.2, -0.15) is 19.6 Å². The maximum Gasteiger partial charge on any atom is 0.326 e. The number of H-pyrrole nitrogens is 2. The lowest BCUT2D eigenvalue weighted by Gasteiger charge is -2.01. The second kappa shape index (κ2) is 5.37. The maximum atomic E-state index is 11.3. The van der Waals surface area contributed by atoms with Crippen LogP contribution in [-0.2, 0) is 0 Å². The van der Waals surface area contributed by atoms with Gasteiger partial charge in [-0.05, 0) is 18.9 Å². The minimum Gasteiger partial charge on any atom is -0.493 e. The smallest absolute Gasteiger partial charge is 0.326 e. The Morgan fingerprint density at radius 1 is 1.31 bits per heavy atom. The second-order valence-corrected chi connectivity index (χ2v) is 5.97. The van der Waals surface area contributed by atoms with E-state index < -0.39 is 5.69 Å². The Labute approximate surface area is 144 Å². The molecule has 11 heteroatoms. The van der Waals surface area contributed by atoms with Gasteiger partial charge in [0.05, 0.1) is 12.2 Å². The van der Waals surface area contributed by atoms with Crippen LogP contribution in [0, 0.1) is 0 Å². The molecule has 1 saturated carbocycles. The van der Waals surface area contributed by atoms with Crippen molar-refractivity contribution in [2.75, 3.05) is 0 Å². The van der Waals surface area contributed by atoms with Crippen LogP contribution in [0.25, 0.3) is 17.7 Å². The molecule has 0 unspecified atom stereocenters. The predicted molar refractivity (Wildman–Crippen MR) is 88.4 cm³/mol. The number of nitrogens with zero attached hydrogens (tertiary/aromatic N) is 7. The van der Waals surface area contributed by atoms with Gasteiger partial charge in [0, 0.05) is 17.6 Å². The number of hydrogen-bond donors (Lipinski definition) is 3. The molecular formula is C15H13N9O2. The van der Waals surface area contributed by atoms with E-state index in [9.17, 15) is 9.90 Å². The molecule has 130 valence electrons. The van der Waals surface area contributed by atoms with Crippen LogP contribution in [0.5, 0.6) is 5.88 Å². The first-order valence-corrected chi connectivity index (χ1v) is 7.98. The summed E-state index contributed by atoms with van der Waals surface area (Å²) in [6, 6.07) is 0.255. The van der Waals surface area contributed by atoms with Crippen LogP contribution >= 0.6 is 0 Å². The monoisotopic (exact) mass is 351 g/mol. The summed E-state index contributed by atoms with van der Waals surface area (Å²) in [7, 11) is 0. The van der Waals surface area contributed by atoms with Crippen molar-refractivity contribution in [1.82, 2.24) is 39.1 Å². The van der Waals surface area contributed by atoms with E-state index in [4.69, 9.17) is 0 Å². The maximum absolute atomic E-state index is 11.3. The highest BCUT2D eigenvalue weighted by Gasteiger charge is 2.21. The van der Waals surface area contributed by atoms with E-state index in [0.717, 1.165) is 12.8 Å². The molecule has 3 N–H and O–H groups in total. The molecule has 5 rings (SSSR count). The standard InChI is InChI=1S/C15H13N9O2/c25-12-10(19-15(26)21-12)5-8-6-17-24-11(8)20-13(23-4-3-16-7-23)22-14(24)18-9-1-2-9/h3-7,9,25H,1-2H2,(H2,19,21,26)/b8-5-,18-14?. The Bertz CT molecular complexity index is 1280. The Kier molecular flexibility index (Phi) is 3.01. The van der Waals surface area contributed by atoms with Crippen LogP contribution < -0.4 is 16.5 Å². The summed E-state index contributed by atoms with van der Waals surface area (Å²) in [4.78, 5) is 33.8. The number of imidazole rings is 2. The summed E-state index contributed by atoms with van der Waals surface area (Å²) < 4.78 is 3.23. The van der Waals surface area contributed by atoms with Gasteiger partial charge >= 0.3 is 5.69 Å². The van der Waals surface area contributed by atoms with Crippen molar-refractivity contribution in [1.29, 1.82) is 0 Å². The fourth-order valence-corrected chi connectivity index (χ4v) is 2.56. The largest absolute Gasteiger partial charge is 0.493 e. The lowest BCUT2D eigenvalue weighted by atomic mass is 10.3. The van der Waals surface area contributed by atoms with Gasteiger partial charge in [-0.25, -0.2) is 14.8 Å². The molecule has 4 aromatic rings. The topological polar surface area (TPSA) is 142 Å². The van der Waals surface area contributed by atoms with Gasteiger partial charge < -0.3 is 10.1 Å². The van der Waals surface area contributed by atoms with E-state index in [2.05, 4.69) is 35.0 Å². The molecule has 0 bridgehead atoms. The molecule has 0 amide bonds. The van der Waals surface area contributed by atoms with Gasteiger partial charge in [0.15, 0.2) is 5.65 Å². The number of aromatic amines is 2. The van der Waals surface area contributed by atoms with Crippen LogP contribution in [0.15, 0.2) is 34.7 Å². The highest BCUT2D eigenvalue weighted by molar-refractivity contribution is 5.56. The Balaban J connectivity index is 1.80. The first-order valence-electron chi connectivity index (χ1n) is 7.98. The highest BCUT2D eigenvalue weighted by Crippen LogP contribution is 2.22. The average Bonchev–Trinajstić information content (AvgIpc) is 3.01. The molecular weight excluding hydrogens is 338 g/mol. The van der Waals surface area contributed by atoms with E-state index in [1.54, 1.807) is 40.1 Å². The summed E-state index contributed by atoms with van der Waals surface area (Å²) in [6.45, 7) is 0. The molecule has 1 aliphatic rings. The molecule has 11 nitrogen and oxygen atoms in total. The SMILES string of the molecule is O=c1[nH]c(O)c(/C=c2/cnn3c(=NC4CC4)nc(-n4ccnc4)nc23)[nH]1. The third-order valence-corrected chi connectivity index (χ3v) is 3.98. The Morgan fingerprint density at radius 2 is 2.19 bits per heavy atom. The van der Waals surface area contributed by atoms with Gasteiger partial charge in [-0.15, -0.1) is 0 Å². The summed E-state index contributed by atoms with van der Waals surface area (Å²) in [5.74, 6) is 0.164. The van der Waals surface area contributed by atoms with Crippen molar-refractivity contribution in [3.05, 3.63) is 51.9 Å². The van der Waals surface area contributed by atoms with Crippen molar-refractivity contribution in [2.45, 2.75) is 18.9 Å². The van der Waals surface area contributed by atoms with Gasteiger partial charge in [-0.1, -0.05) is 0 Å². The van der Waals surface area contributed by atoms with Crippen LogP contribution in [-0.4, -0.2) is 50.2 Å². The Morgan fingerprint density at radius 3 is 2.88 bits per heavy atom. The van der Waals surface area contributed by atoms with E-state index in [0.29, 0.717) is 22.4 Å². The number of aromatic nitrogens is 8. The van der Waals surface area contributed by atoms with Crippen LogP contribution in [0.1, 0.15) is 18.5 Å². The molecule has 4 aromatic heterocycles. The van der Waals surface area contributed by atoms with Crippen LogP contribution in [0.4, 0.5) is 0 Å². The fraction of sp³-hybridized carbons (Fsp3) is 0.200. The molecule has 1 fully saturated rings. The number of nitrogens with one attached hydrogen (secondary N) is 2. The molecule has 0 saturated heterocycles. The van der Waals surface area contributed by atoms with Gasteiger partial charge in [0.25, 0.3) is 5.62 Å². The normalized spacial score (nSPS) is 16.0. The van der Waals surface area contributed by atoms with Crippen LogP contribution in [0.2, 0.25) is 0 Å². The highest BCUT2D eigenvalue weighted by atomic mass is 16.3. The lowest BCUT2D eigenvalue weighted by molar-refractivity contribution is 0.454. The quantitative estimate of drug-likeness (QED) is 0.416. The van der Waals surface area contributed by atoms with Crippen LogP contribution in [0.3, 0.4) is 0 Å². The summed E-state index contributed by atoms with van der Waals surface area (Å²) in [5.41, 5.74) is 0.703. The zero-order valence-corrected chi connectivity index (χ0v) is 13.4. The third kappa shape index (κ3) is 2.46.